The average Bonchev–Trinajstić information content (AvgIpc) is 2.90. The molecule has 3 aromatic rings. The van der Waals surface area contributed by atoms with Gasteiger partial charge in [0.25, 0.3) is 0 Å². The van der Waals surface area contributed by atoms with Crippen LogP contribution in [0.5, 0.6) is 0 Å². The molecule has 1 aromatic carbocycles. The third-order valence-corrected chi connectivity index (χ3v) is 3.68. The van der Waals surface area contributed by atoms with Crippen LogP contribution in [0.25, 0.3) is 0 Å². The molecule has 0 bridgehead atoms. The lowest BCUT2D eigenvalue weighted by Crippen LogP contribution is -2.05. The summed E-state index contributed by atoms with van der Waals surface area (Å²) in [5, 5.41) is 0. The lowest BCUT2D eigenvalue weighted by molar-refractivity contribution is 0.740. The number of benzene rings is 1. The molecule has 0 N–H and O–H groups in total. The van der Waals surface area contributed by atoms with Crippen LogP contribution in [0.4, 0.5) is 0 Å². The van der Waals surface area contributed by atoms with Crippen LogP contribution in [0.2, 0.25) is 0 Å². The summed E-state index contributed by atoms with van der Waals surface area (Å²) in [5.41, 5.74) is 2.44. The van der Waals surface area contributed by atoms with Gasteiger partial charge in [0, 0.05) is 42.2 Å². The van der Waals surface area contributed by atoms with Gasteiger partial charge in [-0.15, -0.1) is 0 Å². The normalized spacial score (nSPS) is 10.7. The highest BCUT2D eigenvalue weighted by atomic mass is 79.9. The molecule has 0 unspecified atom stereocenters. The molecule has 0 aliphatic heterocycles. The molecule has 3 nitrogen and oxygen atoms in total. The van der Waals surface area contributed by atoms with Crippen molar-refractivity contribution in [1.29, 1.82) is 0 Å². The van der Waals surface area contributed by atoms with Gasteiger partial charge < -0.3 is 4.57 Å². The molecule has 2 heterocycles. The molecule has 3 rings (SSSR count). The van der Waals surface area contributed by atoms with Gasteiger partial charge in [0.1, 0.15) is 5.82 Å². The predicted molar refractivity (Wildman–Crippen MR) is 82.5 cm³/mol. The van der Waals surface area contributed by atoms with Crippen molar-refractivity contribution in [1.82, 2.24) is 14.5 Å². The average molecular weight is 328 g/mol. The van der Waals surface area contributed by atoms with Gasteiger partial charge in [0.05, 0.1) is 0 Å². The van der Waals surface area contributed by atoms with Crippen molar-refractivity contribution < 1.29 is 0 Å². The van der Waals surface area contributed by atoms with E-state index in [4.69, 9.17) is 0 Å². The maximum Gasteiger partial charge on any atom is 0.113 e. The van der Waals surface area contributed by atoms with E-state index < -0.39 is 0 Å². The first-order valence-electron chi connectivity index (χ1n) is 6.44. The molecule has 0 atom stereocenters. The van der Waals surface area contributed by atoms with Crippen LogP contribution in [-0.2, 0) is 13.0 Å². The van der Waals surface area contributed by atoms with E-state index in [2.05, 4.69) is 60.8 Å². The van der Waals surface area contributed by atoms with Gasteiger partial charge in [0.15, 0.2) is 0 Å². The first-order valence-corrected chi connectivity index (χ1v) is 7.24. The monoisotopic (exact) mass is 327 g/mol. The first kappa shape index (κ1) is 13.1. The van der Waals surface area contributed by atoms with Crippen molar-refractivity contribution >= 4 is 15.9 Å². The molecular formula is C16H14BrN3. The Bertz CT molecular complexity index is 674. The SMILES string of the molecule is Brc1ccc(Cn2ccnc2Cc2cccnc2)cc1. The smallest absolute Gasteiger partial charge is 0.113 e. The Morgan fingerprint density at radius 1 is 1.00 bits per heavy atom. The third-order valence-electron chi connectivity index (χ3n) is 3.15. The number of rotatable bonds is 4. The molecular weight excluding hydrogens is 314 g/mol. The second kappa shape index (κ2) is 6.01. The van der Waals surface area contributed by atoms with E-state index in [1.165, 1.54) is 11.1 Å². The minimum absolute atomic E-state index is 0.803. The van der Waals surface area contributed by atoms with E-state index in [-0.39, 0.29) is 0 Å². The fraction of sp³-hybridized carbons (Fsp3) is 0.125. The number of nitrogens with zero attached hydrogens (tertiary/aromatic N) is 3. The Hall–Kier alpha value is -1.94. The summed E-state index contributed by atoms with van der Waals surface area (Å²) in [6.07, 6.45) is 8.35. The number of pyridine rings is 1. The summed E-state index contributed by atoms with van der Waals surface area (Å²) >= 11 is 3.46. The van der Waals surface area contributed by atoms with Crippen LogP contribution < -0.4 is 0 Å². The number of hydrogen-bond acceptors (Lipinski definition) is 2. The second-order valence-electron chi connectivity index (χ2n) is 4.64. The summed E-state index contributed by atoms with van der Waals surface area (Å²) in [5.74, 6) is 1.06. The minimum Gasteiger partial charge on any atom is -0.330 e. The molecule has 4 heteroatoms. The van der Waals surface area contributed by atoms with E-state index in [9.17, 15) is 0 Å². The van der Waals surface area contributed by atoms with Crippen molar-refractivity contribution in [3.05, 3.63) is 82.6 Å². The van der Waals surface area contributed by atoms with Gasteiger partial charge >= 0.3 is 0 Å². The number of aromatic nitrogens is 3. The number of hydrogen-bond donors (Lipinski definition) is 0. The molecule has 0 saturated heterocycles. The second-order valence-corrected chi connectivity index (χ2v) is 5.55. The molecule has 0 radical (unpaired) electrons. The number of imidazole rings is 1. The lowest BCUT2D eigenvalue weighted by Gasteiger charge is -2.08. The third kappa shape index (κ3) is 3.14. The topological polar surface area (TPSA) is 30.7 Å². The zero-order chi connectivity index (χ0) is 13.8. The van der Waals surface area contributed by atoms with E-state index in [1.807, 2.05) is 24.7 Å². The van der Waals surface area contributed by atoms with Crippen LogP contribution in [0.3, 0.4) is 0 Å². The van der Waals surface area contributed by atoms with Crippen molar-refractivity contribution in [3.63, 3.8) is 0 Å². The molecule has 0 aliphatic rings. The van der Waals surface area contributed by atoms with Crippen molar-refractivity contribution in [2.24, 2.45) is 0 Å². The van der Waals surface area contributed by atoms with Crippen LogP contribution in [0, 0.1) is 0 Å². The quantitative estimate of drug-likeness (QED) is 0.731. The summed E-state index contributed by atoms with van der Waals surface area (Å²) in [7, 11) is 0. The summed E-state index contributed by atoms with van der Waals surface area (Å²) in [4.78, 5) is 8.60. The highest BCUT2D eigenvalue weighted by Gasteiger charge is 2.05. The van der Waals surface area contributed by atoms with E-state index in [0.29, 0.717) is 0 Å². The largest absolute Gasteiger partial charge is 0.330 e. The Labute approximate surface area is 126 Å². The maximum absolute atomic E-state index is 4.45. The van der Waals surface area contributed by atoms with Crippen LogP contribution in [-0.4, -0.2) is 14.5 Å². The van der Waals surface area contributed by atoms with Crippen LogP contribution in [0.15, 0.2) is 65.7 Å². The molecule has 0 spiro atoms. The van der Waals surface area contributed by atoms with Gasteiger partial charge in [-0.05, 0) is 29.3 Å². The molecule has 0 aliphatic carbocycles. The van der Waals surface area contributed by atoms with E-state index >= 15 is 0 Å². The standard InChI is InChI=1S/C16H14BrN3/c17-15-5-3-13(4-6-15)12-20-9-8-19-16(20)10-14-2-1-7-18-11-14/h1-9,11H,10,12H2. The molecule has 0 fully saturated rings. The first-order chi connectivity index (χ1) is 9.81. The lowest BCUT2D eigenvalue weighted by atomic mass is 10.2. The van der Waals surface area contributed by atoms with Crippen molar-refractivity contribution in [2.75, 3.05) is 0 Å². The molecule has 0 amide bonds. The highest BCUT2D eigenvalue weighted by Crippen LogP contribution is 2.13. The van der Waals surface area contributed by atoms with E-state index in [1.54, 1.807) is 6.20 Å². The van der Waals surface area contributed by atoms with E-state index in [0.717, 1.165) is 23.3 Å². The summed E-state index contributed by atoms with van der Waals surface area (Å²) in [6, 6.07) is 12.4. The molecule has 0 saturated carbocycles. The zero-order valence-corrected chi connectivity index (χ0v) is 12.5. The maximum atomic E-state index is 4.45. The van der Waals surface area contributed by atoms with Gasteiger partial charge in [-0.3, -0.25) is 4.98 Å². The van der Waals surface area contributed by atoms with Gasteiger partial charge in [-0.1, -0.05) is 34.1 Å². The fourth-order valence-electron chi connectivity index (χ4n) is 2.12. The Morgan fingerprint density at radius 3 is 2.60 bits per heavy atom. The Kier molecular flexibility index (Phi) is 3.92. The zero-order valence-electron chi connectivity index (χ0n) is 10.9. The van der Waals surface area contributed by atoms with Crippen LogP contribution >= 0.6 is 15.9 Å². The minimum atomic E-state index is 0.803. The van der Waals surface area contributed by atoms with Gasteiger partial charge in [-0.2, -0.15) is 0 Å². The summed E-state index contributed by atoms with van der Waals surface area (Å²) < 4.78 is 3.28. The Morgan fingerprint density at radius 2 is 1.85 bits per heavy atom. The van der Waals surface area contributed by atoms with Gasteiger partial charge in [0.2, 0.25) is 0 Å². The van der Waals surface area contributed by atoms with Crippen molar-refractivity contribution in [2.45, 2.75) is 13.0 Å². The number of halogens is 1. The predicted octanol–water partition coefficient (Wildman–Crippen LogP) is 3.68. The molecule has 20 heavy (non-hydrogen) atoms. The van der Waals surface area contributed by atoms with Crippen molar-refractivity contribution in [3.8, 4) is 0 Å². The molecule has 2 aromatic heterocycles. The fourth-order valence-corrected chi connectivity index (χ4v) is 2.39. The summed E-state index contributed by atoms with van der Waals surface area (Å²) in [6.45, 7) is 0.836. The Balaban J connectivity index is 1.78. The molecule has 100 valence electrons. The highest BCUT2D eigenvalue weighted by molar-refractivity contribution is 9.10. The van der Waals surface area contributed by atoms with Gasteiger partial charge in [-0.25, -0.2) is 4.98 Å². The van der Waals surface area contributed by atoms with Crippen LogP contribution in [0.1, 0.15) is 17.0 Å².